The fraction of sp³-hybridized carbons (Fsp3) is 0.308. The fourth-order valence-electron chi connectivity index (χ4n) is 1.80. The van der Waals surface area contributed by atoms with E-state index in [2.05, 4.69) is 51.4 Å². The normalized spacial score (nSPS) is 14.0. The van der Waals surface area contributed by atoms with Crippen LogP contribution < -0.4 is 15.4 Å². The molecular weight excluding hydrogens is 433 g/mol. The number of benzene rings is 1. The van der Waals surface area contributed by atoms with E-state index in [0.717, 1.165) is 0 Å². The number of amidine groups is 1. The second-order valence-corrected chi connectivity index (χ2v) is 8.02. The highest BCUT2D eigenvalue weighted by Crippen LogP contribution is 2.21. The zero-order chi connectivity index (χ0) is 19.2. The Bertz CT molecular complexity index is 888. The van der Waals surface area contributed by atoms with E-state index in [1.165, 1.54) is 18.2 Å². The largest absolute Gasteiger partial charge is 0.409 e. The number of nitrogens with zero attached hydrogens (tertiary/aromatic N) is 3. The summed E-state index contributed by atoms with van der Waals surface area (Å²) in [7, 11) is -2.80. The van der Waals surface area contributed by atoms with Gasteiger partial charge in [-0.2, -0.15) is 0 Å². The number of hydrogen-bond donors (Lipinski definition) is 5. The van der Waals surface area contributed by atoms with Crippen molar-refractivity contribution in [3.63, 3.8) is 0 Å². The van der Waals surface area contributed by atoms with Gasteiger partial charge in [0.05, 0.1) is 4.47 Å². The molecule has 0 fully saturated rings. The van der Waals surface area contributed by atoms with E-state index in [1.807, 2.05) is 0 Å². The third kappa shape index (κ3) is 5.37. The van der Waals surface area contributed by atoms with Crippen molar-refractivity contribution in [1.29, 1.82) is 4.78 Å². The van der Waals surface area contributed by atoms with E-state index in [4.69, 9.17) is 4.78 Å². The summed E-state index contributed by atoms with van der Waals surface area (Å²) in [5, 5.41) is 25.3. The van der Waals surface area contributed by atoms with Crippen LogP contribution in [0.5, 0.6) is 0 Å². The van der Waals surface area contributed by atoms with Gasteiger partial charge in [0, 0.05) is 24.5 Å². The molecule has 0 amide bonds. The zero-order valence-electron chi connectivity index (χ0n) is 13.6. The third-order valence-corrected chi connectivity index (χ3v) is 5.25. The molecule has 0 spiro atoms. The molecule has 0 aliphatic rings. The van der Waals surface area contributed by atoms with Crippen LogP contribution in [-0.4, -0.2) is 44.4 Å². The maximum absolute atomic E-state index is 13.3. The van der Waals surface area contributed by atoms with Gasteiger partial charge >= 0.3 is 0 Å². The highest BCUT2D eigenvalue weighted by Gasteiger charge is 2.18. The Balaban J connectivity index is 2.03. The molecule has 0 saturated heterocycles. The van der Waals surface area contributed by atoms with E-state index in [1.54, 1.807) is 6.92 Å². The Morgan fingerprint density at radius 3 is 2.88 bits per heavy atom. The Kier molecular flexibility index (Phi) is 6.88. The monoisotopic (exact) mass is 449 g/mol. The first-order valence-electron chi connectivity index (χ1n) is 7.38. The molecule has 142 valence electrons. The minimum absolute atomic E-state index is 0.0712. The van der Waals surface area contributed by atoms with Crippen molar-refractivity contribution in [2.75, 3.05) is 29.5 Å². The zero-order valence-corrected chi connectivity index (χ0v) is 16.0. The van der Waals surface area contributed by atoms with Gasteiger partial charge in [-0.25, -0.2) is 22.7 Å². The second-order valence-electron chi connectivity index (χ2n) is 4.95. The van der Waals surface area contributed by atoms with Gasteiger partial charge in [0.2, 0.25) is 11.7 Å². The molecule has 5 N–H and O–H groups in total. The van der Waals surface area contributed by atoms with Crippen molar-refractivity contribution in [1.82, 2.24) is 15.0 Å². The highest BCUT2D eigenvalue weighted by molar-refractivity contribution is 9.10. The van der Waals surface area contributed by atoms with Gasteiger partial charge in [0.15, 0.2) is 5.69 Å². The number of halogens is 2. The predicted octanol–water partition coefficient (Wildman–Crippen LogP) is 2.20. The molecule has 0 radical (unpaired) electrons. The summed E-state index contributed by atoms with van der Waals surface area (Å²) in [6.45, 7) is 2.17. The average Bonchev–Trinajstić information content (AvgIpc) is 3.08. The van der Waals surface area contributed by atoms with Crippen LogP contribution in [0, 0.1) is 10.6 Å². The van der Waals surface area contributed by atoms with Crippen molar-refractivity contribution in [3.05, 3.63) is 34.2 Å². The Hall–Kier alpha value is -2.25. The number of hydrogen-bond acceptors (Lipinski definition) is 8. The summed E-state index contributed by atoms with van der Waals surface area (Å²) < 4.78 is 39.8. The first-order valence-corrected chi connectivity index (χ1v) is 9.90. The molecule has 13 heteroatoms. The van der Waals surface area contributed by atoms with Crippen LogP contribution >= 0.6 is 15.9 Å². The standard InChI is InChI=1S/C13H17BrFN7O3S/c1-2-26(16,24)18-6-5-17-12-11(21-25-22-12)13(20-23)19-8-3-4-10(15)9(14)7-8/h3-4,7,23H,2,5-6H2,1H3,(H,17,22)(H,19,20)(H2,16,18,24). The fourth-order valence-corrected chi connectivity index (χ4v) is 2.82. The van der Waals surface area contributed by atoms with Gasteiger partial charge in [-0.1, -0.05) is 12.1 Å². The Morgan fingerprint density at radius 1 is 1.46 bits per heavy atom. The summed E-state index contributed by atoms with van der Waals surface area (Å²) in [6.07, 6.45) is 0. The summed E-state index contributed by atoms with van der Waals surface area (Å²) in [4.78, 5) is 0. The van der Waals surface area contributed by atoms with Crippen LogP contribution in [0.4, 0.5) is 15.9 Å². The molecule has 0 bridgehead atoms. The van der Waals surface area contributed by atoms with E-state index < -0.39 is 15.7 Å². The predicted molar refractivity (Wildman–Crippen MR) is 98.2 cm³/mol. The molecule has 1 aromatic carbocycles. The molecule has 1 atom stereocenters. The second kappa shape index (κ2) is 8.91. The SMILES string of the molecule is CCS(=N)(=O)NCCNc1nonc1/C(=N/O)Nc1ccc(F)c(Br)c1. The molecule has 26 heavy (non-hydrogen) atoms. The lowest BCUT2D eigenvalue weighted by atomic mass is 10.3. The summed E-state index contributed by atoms with van der Waals surface area (Å²) in [5.74, 6) is -0.129. The lowest BCUT2D eigenvalue weighted by Crippen LogP contribution is -2.29. The maximum Gasteiger partial charge on any atom is 0.203 e. The van der Waals surface area contributed by atoms with Crippen molar-refractivity contribution in [3.8, 4) is 0 Å². The Labute approximate surface area is 157 Å². The van der Waals surface area contributed by atoms with Gasteiger partial charge in [-0.3, -0.25) is 0 Å². The lowest BCUT2D eigenvalue weighted by Gasteiger charge is -2.09. The molecule has 0 aliphatic carbocycles. The topological polar surface area (TPSA) is 149 Å². The number of oxime groups is 1. The Morgan fingerprint density at radius 2 is 2.23 bits per heavy atom. The molecule has 0 saturated carbocycles. The van der Waals surface area contributed by atoms with E-state index in [-0.39, 0.29) is 40.7 Å². The smallest absolute Gasteiger partial charge is 0.203 e. The van der Waals surface area contributed by atoms with Crippen LogP contribution in [0.1, 0.15) is 12.6 Å². The van der Waals surface area contributed by atoms with Crippen molar-refractivity contribution < 1.29 is 18.4 Å². The van der Waals surface area contributed by atoms with Crippen molar-refractivity contribution in [2.45, 2.75) is 6.92 Å². The van der Waals surface area contributed by atoms with Crippen LogP contribution in [0.25, 0.3) is 0 Å². The minimum atomic E-state index is -2.80. The summed E-state index contributed by atoms with van der Waals surface area (Å²) in [5.41, 5.74) is 0.536. The van der Waals surface area contributed by atoms with Gasteiger partial charge < -0.3 is 15.8 Å². The lowest BCUT2D eigenvalue weighted by molar-refractivity contribution is 0.305. The molecule has 1 heterocycles. The van der Waals surface area contributed by atoms with Gasteiger partial charge in [0.25, 0.3) is 0 Å². The van der Waals surface area contributed by atoms with Crippen LogP contribution in [-0.2, 0) is 9.92 Å². The summed E-state index contributed by atoms with van der Waals surface area (Å²) >= 11 is 3.06. The molecule has 2 rings (SSSR count). The van der Waals surface area contributed by atoms with E-state index >= 15 is 0 Å². The highest BCUT2D eigenvalue weighted by atomic mass is 79.9. The first kappa shape index (κ1) is 20.1. The van der Waals surface area contributed by atoms with E-state index in [0.29, 0.717) is 5.69 Å². The molecule has 1 aromatic heterocycles. The number of aromatic nitrogens is 2. The molecule has 2 aromatic rings. The van der Waals surface area contributed by atoms with Crippen LogP contribution in [0.2, 0.25) is 0 Å². The third-order valence-electron chi connectivity index (χ3n) is 3.15. The van der Waals surface area contributed by atoms with Gasteiger partial charge in [-0.15, -0.1) is 0 Å². The summed E-state index contributed by atoms with van der Waals surface area (Å²) in [6, 6.07) is 4.14. The number of rotatable bonds is 8. The maximum atomic E-state index is 13.3. The van der Waals surface area contributed by atoms with Crippen LogP contribution in [0.15, 0.2) is 32.5 Å². The van der Waals surface area contributed by atoms with Crippen molar-refractivity contribution >= 4 is 43.2 Å². The van der Waals surface area contributed by atoms with Gasteiger partial charge in [-0.05, 0) is 44.4 Å². The van der Waals surface area contributed by atoms with Crippen molar-refractivity contribution in [2.24, 2.45) is 5.16 Å². The molecule has 0 aliphatic heterocycles. The van der Waals surface area contributed by atoms with Crippen LogP contribution in [0.3, 0.4) is 0 Å². The minimum Gasteiger partial charge on any atom is -0.409 e. The molecular formula is C13H17BrFN7O3S. The van der Waals surface area contributed by atoms with Gasteiger partial charge in [0.1, 0.15) is 15.7 Å². The average molecular weight is 450 g/mol. The number of anilines is 2. The quantitative estimate of drug-likeness (QED) is 0.136. The molecule has 10 nitrogen and oxygen atoms in total. The molecule has 1 unspecified atom stereocenters. The van der Waals surface area contributed by atoms with E-state index in [9.17, 15) is 13.8 Å². The number of nitrogens with one attached hydrogen (secondary N) is 4. The first-order chi connectivity index (χ1) is 12.4.